The topological polar surface area (TPSA) is 67.3 Å². The highest BCUT2D eigenvalue weighted by Gasteiger charge is 2.10. The normalized spacial score (nSPS) is 10.2. The molecule has 6 nitrogen and oxygen atoms in total. The number of amides is 1. The van der Waals surface area contributed by atoms with Crippen molar-refractivity contribution in [2.45, 2.75) is 6.54 Å². The molecule has 2 aromatic carbocycles. The lowest BCUT2D eigenvalue weighted by atomic mass is 10.2. The number of hydrogen-bond donors (Lipinski definition) is 1. The summed E-state index contributed by atoms with van der Waals surface area (Å²) in [5, 5.41) is 2.79. The Hall–Kier alpha value is -3.41. The van der Waals surface area contributed by atoms with Crippen LogP contribution in [0.15, 0.2) is 67.0 Å². The third-order valence-electron chi connectivity index (χ3n) is 3.87. The van der Waals surface area contributed by atoms with E-state index in [1.807, 2.05) is 30.1 Å². The largest absolute Gasteiger partial charge is 0.497 e. The minimum absolute atomic E-state index is 0.262. The van der Waals surface area contributed by atoms with Gasteiger partial charge in [0.05, 0.1) is 19.5 Å². The molecular weight excluding hydrogens is 328 g/mol. The second-order valence-corrected chi connectivity index (χ2v) is 5.78. The molecule has 132 valence electrons. The van der Waals surface area contributed by atoms with Crippen LogP contribution in [0.5, 0.6) is 5.75 Å². The number of rotatable bonds is 6. The molecule has 0 unspecified atom stereocenters. The van der Waals surface area contributed by atoms with E-state index in [0.29, 0.717) is 18.1 Å². The molecule has 1 aromatic heterocycles. The summed E-state index contributed by atoms with van der Waals surface area (Å²) in [7, 11) is 3.54. The molecule has 0 spiro atoms. The van der Waals surface area contributed by atoms with E-state index in [4.69, 9.17) is 4.74 Å². The predicted molar refractivity (Wildman–Crippen MR) is 102 cm³/mol. The fraction of sp³-hybridized carbons (Fsp3) is 0.150. The quantitative estimate of drug-likeness (QED) is 0.740. The Labute approximate surface area is 152 Å². The maximum atomic E-state index is 12.3. The fourth-order valence-corrected chi connectivity index (χ4v) is 2.44. The van der Waals surface area contributed by atoms with E-state index in [9.17, 15) is 4.79 Å². The molecule has 0 aliphatic rings. The van der Waals surface area contributed by atoms with Gasteiger partial charge in [-0.25, -0.2) is 9.97 Å². The predicted octanol–water partition coefficient (Wildman–Crippen LogP) is 3.37. The minimum Gasteiger partial charge on any atom is -0.497 e. The van der Waals surface area contributed by atoms with Crippen LogP contribution in [-0.4, -0.2) is 30.0 Å². The summed E-state index contributed by atoms with van der Waals surface area (Å²) in [5.41, 5.74) is 2.11. The summed E-state index contributed by atoms with van der Waals surface area (Å²) >= 11 is 0. The summed E-state index contributed by atoms with van der Waals surface area (Å²) in [6.07, 6.45) is 3.08. The average Bonchev–Trinajstić information content (AvgIpc) is 2.69. The van der Waals surface area contributed by atoms with Crippen molar-refractivity contribution >= 4 is 17.4 Å². The molecule has 0 saturated heterocycles. The first kappa shape index (κ1) is 17.4. The summed E-state index contributed by atoms with van der Waals surface area (Å²) in [5.74, 6) is 1.13. The molecule has 1 N–H and O–H groups in total. The first-order chi connectivity index (χ1) is 12.7. The van der Waals surface area contributed by atoms with E-state index < -0.39 is 0 Å². The van der Waals surface area contributed by atoms with Crippen molar-refractivity contribution in [2.75, 3.05) is 24.4 Å². The van der Waals surface area contributed by atoms with Gasteiger partial charge < -0.3 is 15.0 Å². The van der Waals surface area contributed by atoms with Crippen LogP contribution in [0.4, 0.5) is 11.5 Å². The number of nitrogens with one attached hydrogen (secondary N) is 1. The highest BCUT2D eigenvalue weighted by atomic mass is 16.5. The number of methoxy groups -OCH3 is 1. The summed E-state index contributed by atoms with van der Waals surface area (Å²) < 4.78 is 5.10. The van der Waals surface area contributed by atoms with Crippen LogP contribution >= 0.6 is 0 Å². The Morgan fingerprint density at radius 2 is 1.77 bits per heavy atom. The van der Waals surface area contributed by atoms with Crippen molar-refractivity contribution < 1.29 is 9.53 Å². The number of hydrogen-bond acceptors (Lipinski definition) is 5. The van der Waals surface area contributed by atoms with Crippen LogP contribution in [0.25, 0.3) is 0 Å². The molecular formula is C20H20N4O2. The van der Waals surface area contributed by atoms with Crippen molar-refractivity contribution in [3.05, 3.63) is 78.2 Å². The molecule has 0 fully saturated rings. The van der Waals surface area contributed by atoms with Gasteiger partial charge in [-0.2, -0.15) is 0 Å². The maximum absolute atomic E-state index is 12.3. The first-order valence-corrected chi connectivity index (χ1v) is 8.18. The van der Waals surface area contributed by atoms with Crippen LogP contribution in [0.1, 0.15) is 16.1 Å². The number of nitrogens with zero attached hydrogens (tertiary/aromatic N) is 3. The number of carbonyl (C=O) groups excluding carboxylic acids is 1. The van der Waals surface area contributed by atoms with Crippen LogP contribution in [0.3, 0.4) is 0 Å². The molecule has 6 heteroatoms. The number of carbonyl (C=O) groups is 1. The number of aromatic nitrogens is 2. The Morgan fingerprint density at radius 1 is 1.04 bits per heavy atom. The second-order valence-electron chi connectivity index (χ2n) is 5.78. The monoisotopic (exact) mass is 348 g/mol. The van der Waals surface area contributed by atoms with Crippen LogP contribution < -0.4 is 15.0 Å². The van der Waals surface area contributed by atoms with Gasteiger partial charge in [0.15, 0.2) is 0 Å². The van der Waals surface area contributed by atoms with Gasteiger partial charge in [0, 0.05) is 19.3 Å². The zero-order valence-corrected chi connectivity index (χ0v) is 14.7. The Morgan fingerprint density at radius 3 is 2.38 bits per heavy atom. The number of ether oxygens (including phenoxy) is 1. The van der Waals surface area contributed by atoms with Crippen LogP contribution in [-0.2, 0) is 6.54 Å². The average molecular weight is 348 g/mol. The molecule has 1 amide bonds. The zero-order valence-electron chi connectivity index (χ0n) is 14.7. The highest BCUT2D eigenvalue weighted by molar-refractivity contribution is 6.02. The number of benzene rings is 2. The smallest absolute Gasteiger partial charge is 0.275 e. The SMILES string of the molecule is COc1ccc(NC(=O)c2cnc(N(C)Cc3ccccc3)cn2)cc1. The molecule has 3 aromatic rings. The third-order valence-corrected chi connectivity index (χ3v) is 3.87. The van der Waals surface area contributed by atoms with E-state index in [0.717, 1.165) is 5.75 Å². The summed E-state index contributed by atoms with van der Waals surface area (Å²) in [6.45, 7) is 0.715. The van der Waals surface area contributed by atoms with E-state index in [1.165, 1.54) is 11.8 Å². The molecule has 0 bridgehead atoms. The number of anilines is 2. The molecule has 0 radical (unpaired) electrons. The Kier molecular flexibility index (Phi) is 5.43. The van der Waals surface area contributed by atoms with Crippen molar-refractivity contribution in [1.29, 1.82) is 0 Å². The van der Waals surface area contributed by atoms with E-state index in [1.54, 1.807) is 37.6 Å². The lowest BCUT2D eigenvalue weighted by Crippen LogP contribution is -2.19. The minimum atomic E-state index is -0.306. The fourth-order valence-electron chi connectivity index (χ4n) is 2.44. The standard InChI is InChI=1S/C20H20N4O2/c1-24(14-15-6-4-3-5-7-15)19-13-21-18(12-22-19)20(25)23-16-8-10-17(26-2)11-9-16/h3-13H,14H2,1-2H3,(H,23,25). The van der Waals surface area contributed by atoms with Crippen molar-refractivity contribution in [3.63, 3.8) is 0 Å². The molecule has 1 heterocycles. The van der Waals surface area contributed by atoms with Gasteiger partial charge in [-0.1, -0.05) is 30.3 Å². The van der Waals surface area contributed by atoms with E-state index in [-0.39, 0.29) is 11.6 Å². The Balaban J connectivity index is 1.63. The van der Waals surface area contributed by atoms with Gasteiger partial charge in [-0.3, -0.25) is 4.79 Å². The molecule has 3 rings (SSSR count). The summed E-state index contributed by atoms with van der Waals surface area (Å²) in [4.78, 5) is 22.8. The first-order valence-electron chi connectivity index (χ1n) is 8.18. The van der Waals surface area contributed by atoms with Gasteiger partial charge in [-0.05, 0) is 29.8 Å². The van der Waals surface area contributed by atoms with Crippen molar-refractivity contribution in [2.24, 2.45) is 0 Å². The molecule has 0 aliphatic heterocycles. The third kappa shape index (κ3) is 4.36. The van der Waals surface area contributed by atoms with Gasteiger partial charge in [0.1, 0.15) is 17.3 Å². The molecule has 0 saturated carbocycles. The molecule has 0 aliphatic carbocycles. The highest BCUT2D eigenvalue weighted by Crippen LogP contribution is 2.16. The van der Waals surface area contributed by atoms with Crippen molar-refractivity contribution in [3.8, 4) is 5.75 Å². The van der Waals surface area contributed by atoms with Crippen LogP contribution in [0, 0.1) is 0 Å². The second kappa shape index (κ2) is 8.11. The van der Waals surface area contributed by atoms with E-state index >= 15 is 0 Å². The maximum Gasteiger partial charge on any atom is 0.275 e. The lowest BCUT2D eigenvalue weighted by Gasteiger charge is -2.17. The Bertz CT molecular complexity index is 849. The van der Waals surface area contributed by atoms with Gasteiger partial charge in [0.2, 0.25) is 0 Å². The summed E-state index contributed by atoms with van der Waals surface area (Å²) in [6, 6.07) is 17.2. The zero-order chi connectivity index (χ0) is 18.4. The van der Waals surface area contributed by atoms with E-state index in [2.05, 4.69) is 27.4 Å². The molecule has 26 heavy (non-hydrogen) atoms. The lowest BCUT2D eigenvalue weighted by molar-refractivity contribution is 0.102. The van der Waals surface area contributed by atoms with Gasteiger partial charge in [0.25, 0.3) is 5.91 Å². The van der Waals surface area contributed by atoms with Gasteiger partial charge >= 0.3 is 0 Å². The molecule has 0 atom stereocenters. The van der Waals surface area contributed by atoms with Crippen LogP contribution in [0.2, 0.25) is 0 Å². The van der Waals surface area contributed by atoms with Gasteiger partial charge in [-0.15, -0.1) is 0 Å². The van der Waals surface area contributed by atoms with Crippen molar-refractivity contribution in [1.82, 2.24) is 9.97 Å².